The molecule has 1 aromatic heterocycles. The first-order valence-corrected chi connectivity index (χ1v) is 7.28. The second-order valence-electron chi connectivity index (χ2n) is 5.20. The van der Waals surface area contributed by atoms with Crippen molar-refractivity contribution in [1.82, 2.24) is 0 Å². The second kappa shape index (κ2) is 4.64. The Morgan fingerprint density at radius 2 is 1.62 bits per heavy atom. The Morgan fingerprint density at radius 3 is 2.43 bits per heavy atom. The Balaban J connectivity index is 2.14. The Hall–Kier alpha value is -2.25. The van der Waals surface area contributed by atoms with Crippen molar-refractivity contribution in [3.8, 4) is 11.1 Å². The van der Waals surface area contributed by atoms with Crippen molar-refractivity contribution in [3.05, 3.63) is 71.4 Å². The van der Waals surface area contributed by atoms with Gasteiger partial charge in [-0.15, -0.1) is 0 Å². The van der Waals surface area contributed by atoms with E-state index in [0.717, 1.165) is 27.5 Å². The third-order valence-corrected chi connectivity index (χ3v) is 4.14. The highest BCUT2D eigenvalue weighted by molar-refractivity contribution is 6.30. The van der Waals surface area contributed by atoms with E-state index in [1.165, 1.54) is 16.2 Å². The summed E-state index contributed by atoms with van der Waals surface area (Å²) in [5.74, 6) is 0.934. The maximum absolute atomic E-state index is 6.00. The first-order chi connectivity index (χ1) is 10.2. The fourth-order valence-electron chi connectivity index (χ4n) is 2.95. The van der Waals surface area contributed by atoms with Gasteiger partial charge in [0.15, 0.2) is 0 Å². The molecular weight excluding hydrogens is 280 g/mol. The van der Waals surface area contributed by atoms with Gasteiger partial charge in [-0.25, -0.2) is 0 Å². The SMILES string of the molecule is Cc1oc2ccc3ccccc3c2c1-c1ccc(Cl)cc1. The van der Waals surface area contributed by atoms with Crippen molar-refractivity contribution in [1.29, 1.82) is 0 Å². The van der Waals surface area contributed by atoms with Crippen LogP contribution in [-0.4, -0.2) is 0 Å². The number of benzene rings is 3. The molecule has 0 aliphatic heterocycles. The lowest BCUT2D eigenvalue weighted by Gasteiger charge is -2.04. The molecule has 3 aromatic carbocycles. The molecule has 0 saturated heterocycles. The van der Waals surface area contributed by atoms with Gasteiger partial charge in [0, 0.05) is 16.0 Å². The number of aryl methyl sites for hydroxylation is 1. The van der Waals surface area contributed by atoms with Crippen LogP contribution >= 0.6 is 11.6 Å². The van der Waals surface area contributed by atoms with Gasteiger partial charge in [0.2, 0.25) is 0 Å². The predicted molar refractivity (Wildman–Crippen MR) is 88.9 cm³/mol. The summed E-state index contributed by atoms with van der Waals surface area (Å²) in [4.78, 5) is 0. The van der Waals surface area contributed by atoms with E-state index in [0.29, 0.717) is 0 Å². The van der Waals surface area contributed by atoms with E-state index in [1.807, 2.05) is 37.3 Å². The fourth-order valence-corrected chi connectivity index (χ4v) is 3.08. The molecule has 0 atom stereocenters. The molecule has 0 amide bonds. The average Bonchev–Trinajstić information content (AvgIpc) is 2.85. The lowest BCUT2D eigenvalue weighted by atomic mass is 9.98. The maximum Gasteiger partial charge on any atom is 0.135 e. The van der Waals surface area contributed by atoms with Crippen LogP contribution in [-0.2, 0) is 0 Å². The zero-order valence-electron chi connectivity index (χ0n) is 11.6. The van der Waals surface area contributed by atoms with Gasteiger partial charge in [0.25, 0.3) is 0 Å². The van der Waals surface area contributed by atoms with Crippen molar-refractivity contribution in [2.24, 2.45) is 0 Å². The van der Waals surface area contributed by atoms with Gasteiger partial charge in [-0.2, -0.15) is 0 Å². The molecular formula is C19H13ClO. The van der Waals surface area contributed by atoms with Crippen LogP contribution in [0.2, 0.25) is 5.02 Å². The molecule has 0 spiro atoms. The van der Waals surface area contributed by atoms with Gasteiger partial charge in [-0.3, -0.25) is 0 Å². The summed E-state index contributed by atoms with van der Waals surface area (Å²) >= 11 is 6.00. The molecule has 0 fully saturated rings. The molecule has 4 aromatic rings. The zero-order chi connectivity index (χ0) is 14.4. The van der Waals surface area contributed by atoms with Crippen molar-refractivity contribution in [3.63, 3.8) is 0 Å². The van der Waals surface area contributed by atoms with Crippen LogP contribution in [0.25, 0.3) is 32.9 Å². The molecule has 1 nitrogen and oxygen atoms in total. The number of hydrogen-bond donors (Lipinski definition) is 0. The van der Waals surface area contributed by atoms with Gasteiger partial charge >= 0.3 is 0 Å². The minimum Gasteiger partial charge on any atom is -0.461 e. The Bertz CT molecular complexity index is 949. The van der Waals surface area contributed by atoms with Crippen LogP contribution in [0.3, 0.4) is 0 Å². The third-order valence-electron chi connectivity index (χ3n) is 3.89. The number of hydrogen-bond acceptors (Lipinski definition) is 1. The number of rotatable bonds is 1. The molecule has 0 aliphatic rings. The predicted octanol–water partition coefficient (Wildman–Crippen LogP) is 6.21. The summed E-state index contributed by atoms with van der Waals surface area (Å²) in [7, 11) is 0. The minimum atomic E-state index is 0.745. The molecule has 0 aliphatic carbocycles. The van der Waals surface area contributed by atoms with Crippen molar-refractivity contribution >= 4 is 33.3 Å². The van der Waals surface area contributed by atoms with Crippen LogP contribution in [0.1, 0.15) is 5.76 Å². The second-order valence-corrected chi connectivity index (χ2v) is 5.64. The Kier molecular flexibility index (Phi) is 2.76. The molecule has 0 bridgehead atoms. The fraction of sp³-hybridized carbons (Fsp3) is 0.0526. The first-order valence-electron chi connectivity index (χ1n) is 6.91. The summed E-state index contributed by atoms with van der Waals surface area (Å²) in [5.41, 5.74) is 3.21. The molecule has 4 rings (SSSR count). The zero-order valence-corrected chi connectivity index (χ0v) is 12.3. The van der Waals surface area contributed by atoms with Gasteiger partial charge in [-0.1, -0.05) is 54.1 Å². The van der Waals surface area contributed by atoms with Crippen LogP contribution < -0.4 is 0 Å². The molecule has 102 valence electrons. The number of halogens is 1. The highest BCUT2D eigenvalue weighted by Crippen LogP contribution is 2.39. The quantitative estimate of drug-likeness (QED) is 0.406. The average molecular weight is 293 g/mol. The number of fused-ring (bicyclic) bond motifs is 3. The van der Waals surface area contributed by atoms with Crippen molar-refractivity contribution in [2.45, 2.75) is 6.92 Å². The lowest BCUT2D eigenvalue weighted by Crippen LogP contribution is -1.80. The highest BCUT2D eigenvalue weighted by atomic mass is 35.5. The maximum atomic E-state index is 6.00. The molecule has 0 radical (unpaired) electrons. The topological polar surface area (TPSA) is 13.1 Å². The van der Waals surface area contributed by atoms with E-state index < -0.39 is 0 Å². The molecule has 2 heteroatoms. The summed E-state index contributed by atoms with van der Waals surface area (Å²) in [6.07, 6.45) is 0. The molecule has 1 heterocycles. The van der Waals surface area contributed by atoms with Crippen molar-refractivity contribution < 1.29 is 4.42 Å². The molecule has 21 heavy (non-hydrogen) atoms. The Morgan fingerprint density at radius 1 is 0.857 bits per heavy atom. The van der Waals surface area contributed by atoms with Crippen molar-refractivity contribution in [2.75, 3.05) is 0 Å². The normalized spacial score (nSPS) is 11.3. The minimum absolute atomic E-state index is 0.745. The third kappa shape index (κ3) is 1.93. The van der Waals surface area contributed by atoms with E-state index >= 15 is 0 Å². The van der Waals surface area contributed by atoms with Gasteiger partial charge in [0.05, 0.1) is 0 Å². The van der Waals surface area contributed by atoms with Crippen LogP contribution in [0.15, 0.2) is 65.1 Å². The van der Waals surface area contributed by atoms with Gasteiger partial charge < -0.3 is 4.42 Å². The summed E-state index contributed by atoms with van der Waals surface area (Å²) in [5, 5.41) is 4.36. The van der Waals surface area contributed by atoms with Crippen LogP contribution in [0.5, 0.6) is 0 Å². The molecule has 0 unspecified atom stereocenters. The van der Waals surface area contributed by atoms with Gasteiger partial charge in [-0.05, 0) is 41.5 Å². The summed E-state index contributed by atoms with van der Waals surface area (Å²) in [6.45, 7) is 2.01. The largest absolute Gasteiger partial charge is 0.461 e. The van der Waals surface area contributed by atoms with E-state index in [9.17, 15) is 0 Å². The van der Waals surface area contributed by atoms with E-state index in [4.69, 9.17) is 16.0 Å². The van der Waals surface area contributed by atoms with E-state index in [2.05, 4.69) is 30.3 Å². The molecule has 0 saturated carbocycles. The summed E-state index contributed by atoms with van der Waals surface area (Å²) < 4.78 is 5.96. The van der Waals surface area contributed by atoms with E-state index in [1.54, 1.807) is 0 Å². The smallest absolute Gasteiger partial charge is 0.135 e. The van der Waals surface area contributed by atoms with E-state index in [-0.39, 0.29) is 0 Å². The standard InChI is InChI=1S/C19H13ClO/c1-12-18(14-6-9-15(20)10-7-14)19-16-5-3-2-4-13(16)8-11-17(19)21-12/h2-11H,1H3. The highest BCUT2D eigenvalue weighted by Gasteiger charge is 2.15. The Labute approximate surface area is 127 Å². The molecule has 0 N–H and O–H groups in total. The van der Waals surface area contributed by atoms with Crippen LogP contribution in [0, 0.1) is 6.92 Å². The number of furan rings is 1. The lowest BCUT2D eigenvalue weighted by molar-refractivity contribution is 0.580. The first kappa shape index (κ1) is 12.5. The summed E-state index contributed by atoms with van der Waals surface area (Å²) in [6, 6.07) is 20.5. The van der Waals surface area contributed by atoms with Crippen LogP contribution in [0.4, 0.5) is 0 Å². The monoisotopic (exact) mass is 292 g/mol. The van der Waals surface area contributed by atoms with Gasteiger partial charge in [0.1, 0.15) is 11.3 Å².